The number of tetrazole rings is 1. The zero-order valence-corrected chi connectivity index (χ0v) is 13.8. The fourth-order valence-corrected chi connectivity index (χ4v) is 2.80. The summed E-state index contributed by atoms with van der Waals surface area (Å²) < 4.78 is 3.15. The molecule has 2 aromatic heterocycles. The van der Waals surface area contributed by atoms with E-state index in [4.69, 9.17) is 0 Å². The molecular formula is C16H16N8O2. The summed E-state index contributed by atoms with van der Waals surface area (Å²) in [5, 5.41) is 17.9. The molecule has 2 amide bonds. The summed E-state index contributed by atoms with van der Waals surface area (Å²) >= 11 is 0. The maximum Gasteiger partial charge on any atom is 0.276 e. The number of benzene rings is 1. The molecule has 3 aromatic rings. The predicted molar refractivity (Wildman–Crippen MR) is 89.9 cm³/mol. The summed E-state index contributed by atoms with van der Waals surface area (Å²) in [4.78, 5) is 26.4. The Bertz CT molecular complexity index is 919. The normalized spacial score (nSPS) is 13.3. The average Bonchev–Trinajstić information content (AvgIpc) is 3.31. The van der Waals surface area contributed by atoms with Gasteiger partial charge in [-0.25, -0.2) is 4.68 Å². The molecule has 0 aliphatic carbocycles. The molecule has 1 aliphatic rings. The first-order valence-electron chi connectivity index (χ1n) is 8.11. The Hall–Kier alpha value is -3.56. The van der Waals surface area contributed by atoms with Crippen molar-refractivity contribution in [1.29, 1.82) is 0 Å². The minimum Gasteiger partial charge on any atom is -0.333 e. The van der Waals surface area contributed by atoms with Gasteiger partial charge in [0, 0.05) is 12.2 Å². The number of anilines is 1. The fraction of sp³-hybridized carbons (Fsp3) is 0.250. The topological polar surface area (TPSA) is 111 Å². The maximum atomic E-state index is 12.4. The molecule has 4 rings (SSSR count). The third-order valence-corrected chi connectivity index (χ3v) is 4.10. The smallest absolute Gasteiger partial charge is 0.276 e. The van der Waals surface area contributed by atoms with Crippen molar-refractivity contribution in [2.24, 2.45) is 0 Å². The van der Waals surface area contributed by atoms with Crippen LogP contribution in [0.15, 0.2) is 42.7 Å². The van der Waals surface area contributed by atoms with E-state index < -0.39 is 0 Å². The van der Waals surface area contributed by atoms with Gasteiger partial charge in [-0.2, -0.15) is 5.10 Å². The SMILES string of the molecule is O=C(Nc1ccccc1)c1cc2n(n1)CCN(C(=O)Cn1cnnn1)C2. The Labute approximate surface area is 148 Å². The predicted octanol–water partition coefficient (Wildman–Crippen LogP) is 0.164. The lowest BCUT2D eigenvalue weighted by molar-refractivity contribution is -0.133. The number of hydrogen-bond donors (Lipinski definition) is 1. The summed E-state index contributed by atoms with van der Waals surface area (Å²) in [5.74, 6) is -0.357. The summed E-state index contributed by atoms with van der Waals surface area (Å²) in [5.41, 5.74) is 1.86. The highest BCUT2D eigenvalue weighted by atomic mass is 16.2. The van der Waals surface area contributed by atoms with Crippen molar-refractivity contribution >= 4 is 17.5 Å². The number of aromatic nitrogens is 6. The van der Waals surface area contributed by atoms with Crippen LogP contribution in [-0.4, -0.2) is 53.2 Å². The maximum absolute atomic E-state index is 12.4. The molecule has 132 valence electrons. The van der Waals surface area contributed by atoms with Gasteiger partial charge in [-0.3, -0.25) is 14.3 Å². The number of carbonyl (C=O) groups excluding carboxylic acids is 2. The van der Waals surface area contributed by atoms with Crippen LogP contribution >= 0.6 is 0 Å². The van der Waals surface area contributed by atoms with Crippen LogP contribution < -0.4 is 5.32 Å². The molecule has 1 N–H and O–H groups in total. The molecular weight excluding hydrogens is 336 g/mol. The molecule has 0 saturated heterocycles. The van der Waals surface area contributed by atoms with E-state index in [1.807, 2.05) is 30.3 Å². The van der Waals surface area contributed by atoms with Gasteiger partial charge in [0.15, 0.2) is 5.69 Å². The van der Waals surface area contributed by atoms with Crippen LogP contribution in [0.25, 0.3) is 0 Å². The van der Waals surface area contributed by atoms with Gasteiger partial charge in [-0.05, 0) is 28.6 Å². The van der Waals surface area contributed by atoms with E-state index in [1.54, 1.807) is 15.6 Å². The second-order valence-electron chi connectivity index (χ2n) is 5.89. The van der Waals surface area contributed by atoms with Crippen molar-refractivity contribution < 1.29 is 9.59 Å². The van der Waals surface area contributed by atoms with Gasteiger partial charge in [0.05, 0.1) is 18.8 Å². The number of carbonyl (C=O) groups is 2. The Morgan fingerprint density at radius 3 is 2.77 bits per heavy atom. The summed E-state index contributed by atoms with van der Waals surface area (Å²) in [7, 11) is 0. The molecule has 0 fully saturated rings. The first kappa shape index (κ1) is 15.9. The third kappa shape index (κ3) is 3.29. The van der Waals surface area contributed by atoms with Gasteiger partial charge in [-0.1, -0.05) is 18.2 Å². The summed E-state index contributed by atoms with van der Waals surface area (Å²) in [6.45, 7) is 1.54. The molecule has 0 unspecified atom stereocenters. The Balaban J connectivity index is 1.43. The van der Waals surface area contributed by atoms with Crippen LogP contribution in [0, 0.1) is 0 Å². The number of nitrogens with zero attached hydrogens (tertiary/aromatic N) is 7. The Kier molecular flexibility index (Phi) is 4.14. The number of hydrogen-bond acceptors (Lipinski definition) is 6. The molecule has 26 heavy (non-hydrogen) atoms. The molecule has 0 bridgehead atoms. The molecule has 10 heteroatoms. The lowest BCUT2D eigenvalue weighted by Crippen LogP contribution is -2.40. The Morgan fingerprint density at radius 2 is 2.00 bits per heavy atom. The molecule has 1 aromatic carbocycles. The molecule has 3 heterocycles. The quantitative estimate of drug-likeness (QED) is 0.716. The van der Waals surface area contributed by atoms with Crippen molar-refractivity contribution in [2.75, 3.05) is 11.9 Å². The van der Waals surface area contributed by atoms with Crippen LogP contribution in [0.1, 0.15) is 16.2 Å². The molecule has 0 saturated carbocycles. The van der Waals surface area contributed by atoms with E-state index >= 15 is 0 Å². The summed E-state index contributed by atoms with van der Waals surface area (Å²) in [6.07, 6.45) is 1.40. The molecule has 1 aliphatic heterocycles. The van der Waals surface area contributed by atoms with Gasteiger partial charge in [0.25, 0.3) is 5.91 Å². The van der Waals surface area contributed by atoms with Crippen LogP contribution in [-0.2, 0) is 24.4 Å². The van der Waals surface area contributed by atoms with E-state index in [9.17, 15) is 9.59 Å². The van der Waals surface area contributed by atoms with Gasteiger partial charge in [0.1, 0.15) is 12.9 Å². The van der Waals surface area contributed by atoms with E-state index in [2.05, 4.69) is 25.9 Å². The van der Waals surface area contributed by atoms with Gasteiger partial charge < -0.3 is 10.2 Å². The van der Waals surface area contributed by atoms with Gasteiger partial charge in [-0.15, -0.1) is 5.10 Å². The van der Waals surface area contributed by atoms with Crippen LogP contribution in [0.5, 0.6) is 0 Å². The highest BCUT2D eigenvalue weighted by Crippen LogP contribution is 2.15. The highest BCUT2D eigenvalue weighted by molar-refractivity contribution is 6.02. The zero-order chi connectivity index (χ0) is 17.9. The number of nitrogens with one attached hydrogen (secondary N) is 1. The minimum absolute atomic E-state index is 0.0833. The highest BCUT2D eigenvalue weighted by Gasteiger charge is 2.24. The van der Waals surface area contributed by atoms with Crippen molar-refractivity contribution in [3.05, 3.63) is 54.1 Å². The monoisotopic (exact) mass is 352 g/mol. The molecule has 0 spiro atoms. The van der Waals surface area contributed by atoms with Crippen molar-refractivity contribution in [2.45, 2.75) is 19.6 Å². The number of rotatable bonds is 4. The first-order chi connectivity index (χ1) is 12.7. The minimum atomic E-state index is -0.273. The van der Waals surface area contributed by atoms with Crippen LogP contribution in [0.4, 0.5) is 5.69 Å². The largest absolute Gasteiger partial charge is 0.333 e. The molecule has 10 nitrogen and oxygen atoms in total. The zero-order valence-electron chi connectivity index (χ0n) is 13.8. The lowest BCUT2D eigenvalue weighted by atomic mass is 10.2. The standard InChI is InChI=1S/C16H16N8O2/c25-15(10-23-11-17-20-21-23)22-6-7-24-13(9-22)8-14(19-24)16(26)18-12-4-2-1-3-5-12/h1-5,8,11H,6-7,9-10H2,(H,18,26). The number of para-hydroxylation sites is 1. The first-order valence-corrected chi connectivity index (χ1v) is 8.11. The van der Waals surface area contributed by atoms with Gasteiger partial charge >= 0.3 is 0 Å². The van der Waals surface area contributed by atoms with Crippen molar-refractivity contribution in [3.63, 3.8) is 0 Å². The lowest BCUT2D eigenvalue weighted by Gasteiger charge is -2.27. The van der Waals surface area contributed by atoms with Crippen molar-refractivity contribution in [1.82, 2.24) is 34.9 Å². The van der Waals surface area contributed by atoms with E-state index in [0.717, 1.165) is 5.69 Å². The van der Waals surface area contributed by atoms with E-state index in [-0.39, 0.29) is 18.4 Å². The van der Waals surface area contributed by atoms with E-state index in [1.165, 1.54) is 11.0 Å². The molecule has 0 atom stereocenters. The van der Waals surface area contributed by atoms with Crippen molar-refractivity contribution in [3.8, 4) is 0 Å². The van der Waals surface area contributed by atoms with E-state index in [0.29, 0.717) is 31.0 Å². The fourth-order valence-electron chi connectivity index (χ4n) is 2.80. The second kappa shape index (κ2) is 6.75. The van der Waals surface area contributed by atoms with Gasteiger partial charge in [0.2, 0.25) is 5.91 Å². The van der Waals surface area contributed by atoms with Crippen LogP contribution in [0.3, 0.4) is 0 Å². The third-order valence-electron chi connectivity index (χ3n) is 4.10. The van der Waals surface area contributed by atoms with Crippen LogP contribution in [0.2, 0.25) is 0 Å². The number of amides is 2. The second-order valence-corrected chi connectivity index (χ2v) is 5.89. The number of fused-ring (bicyclic) bond motifs is 1. The Morgan fingerprint density at radius 1 is 1.15 bits per heavy atom. The average molecular weight is 352 g/mol. The molecule has 0 radical (unpaired) electrons. The summed E-state index contributed by atoms with van der Waals surface area (Å²) in [6, 6.07) is 10.9.